The fraction of sp³-hybridized carbons (Fsp3) is 0.360. The average molecular weight is 411 g/mol. The van der Waals surface area contributed by atoms with Gasteiger partial charge in [-0.3, -0.25) is 0 Å². The Morgan fingerprint density at radius 1 is 0.900 bits per heavy atom. The van der Waals surface area contributed by atoms with Gasteiger partial charge in [0.05, 0.1) is 32.5 Å². The molecule has 0 saturated carbocycles. The summed E-state index contributed by atoms with van der Waals surface area (Å²) >= 11 is 0. The van der Waals surface area contributed by atoms with Gasteiger partial charge in [-0.25, -0.2) is 0 Å². The lowest BCUT2D eigenvalue weighted by atomic mass is 10.1. The molecular formula is C25H30O5. The quantitative estimate of drug-likeness (QED) is 0.302. The highest BCUT2D eigenvalue weighted by Crippen LogP contribution is 2.13. The predicted molar refractivity (Wildman–Crippen MR) is 117 cm³/mol. The Kier molecular flexibility index (Phi) is 11.5. The molecule has 0 bridgehead atoms. The third-order valence-electron chi connectivity index (χ3n) is 4.27. The summed E-state index contributed by atoms with van der Waals surface area (Å²) in [6.45, 7) is 4.99. The van der Waals surface area contributed by atoms with Crippen LogP contribution in [0.25, 0.3) is 0 Å². The highest BCUT2D eigenvalue weighted by Gasteiger charge is 2.23. The second-order valence-electron chi connectivity index (χ2n) is 6.78. The van der Waals surface area contributed by atoms with Gasteiger partial charge in [-0.2, -0.15) is 0 Å². The summed E-state index contributed by atoms with van der Waals surface area (Å²) in [5, 5.41) is 20.9. The summed E-state index contributed by atoms with van der Waals surface area (Å²) in [5.74, 6) is 5.49. The molecule has 0 saturated heterocycles. The molecule has 30 heavy (non-hydrogen) atoms. The summed E-state index contributed by atoms with van der Waals surface area (Å²) in [7, 11) is 0. The standard InChI is InChI=1S/C25H30O5/c1-2-15-28-16-9-14-23(26)17-25(30-19-22-12-7-4-8-13-22)24(27)20-29-18-21-10-5-3-6-11-21/h2-8,10-13,23-27H,1,15-20H2/t23?,24-,25+/m1/s1. The van der Waals surface area contributed by atoms with Gasteiger partial charge in [0.2, 0.25) is 0 Å². The first kappa shape index (κ1) is 23.8. The topological polar surface area (TPSA) is 68.2 Å². The van der Waals surface area contributed by atoms with Gasteiger partial charge in [0.15, 0.2) is 0 Å². The number of hydrogen-bond donors (Lipinski definition) is 2. The van der Waals surface area contributed by atoms with E-state index in [1.807, 2.05) is 60.7 Å². The lowest BCUT2D eigenvalue weighted by Crippen LogP contribution is -2.35. The van der Waals surface area contributed by atoms with Crippen molar-refractivity contribution < 1.29 is 24.4 Å². The fourth-order valence-electron chi connectivity index (χ4n) is 2.72. The summed E-state index contributed by atoms with van der Waals surface area (Å²) in [6.07, 6.45) is -0.665. The smallest absolute Gasteiger partial charge is 0.117 e. The van der Waals surface area contributed by atoms with Gasteiger partial charge in [0.1, 0.15) is 18.8 Å². The lowest BCUT2D eigenvalue weighted by molar-refractivity contribution is -0.0916. The first-order chi connectivity index (χ1) is 14.7. The Bertz CT molecular complexity index is 766. The van der Waals surface area contributed by atoms with Gasteiger partial charge in [-0.15, -0.1) is 6.58 Å². The molecule has 0 aromatic heterocycles. The molecule has 2 rings (SSSR count). The van der Waals surface area contributed by atoms with Crippen molar-refractivity contribution in [2.24, 2.45) is 0 Å². The highest BCUT2D eigenvalue weighted by molar-refractivity contribution is 5.14. The van der Waals surface area contributed by atoms with Gasteiger partial charge in [-0.05, 0) is 11.1 Å². The molecule has 160 valence electrons. The monoisotopic (exact) mass is 410 g/mol. The van der Waals surface area contributed by atoms with E-state index in [2.05, 4.69) is 18.4 Å². The Hall–Kier alpha value is -2.46. The maximum atomic E-state index is 10.6. The fourth-order valence-corrected chi connectivity index (χ4v) is 2.72. The van der Waals surface area contributed by atoms with E-state index in [4.69, 9.17) is 14.2 Å². The zero-order chi connectivity index (χ0) is 21.4. The van der Waals surface area contributed by atoms with Crippen LogP contribution >= 0.6 is 0 Å². The maximum Gasteiger partial charge on any atom is 0.117 e. The summed E-state index contributed by atoms with van der Waals surface area (Å²) < 4.78 is 16.7. The van der Waals surface area contributed by atoms with Crippen LogP contribution in [-0.4, -0.2) is 48.3 Å². The number of rotatable bonds is 13. The van der Waals surface area contributed by atoms with Crippen molar-refractivity contribution in [1.29, 1.82) is 0 Å². The third-order valence-corrected chi connectivity index (χ3v) is 4.27. The van der Waals surface area contributed by atoms with Crippen LogP contribution in [0.2, 0.25) is 0 Å². The molecule has 0 heterocycles. The molecule has 2 N–H and O–H groups in total. The van der Waals surface area contributed by atoms with Gasteiger partial charge < -0.3 is 24.4 Å². The van der Waals surface area contributed by atoms with E-state index in [9.17, 15) is 10.2 Å². The molecule has 1 unspecified atom stereocenters. The van der Waals surface area contributed by atoms with Crippen LogP contribution < -0.4 is 0 Å². The summed E-state index contributed by atoms with van der Waals surface area (Å²) in [5.41, 5.74) is 2.01. The van der Waals surface area contributed by atoms with Crippen LogP contribution in [0.3, 0.4) is 0 Å². The summed E-state index contributed by atoms with van der Waals surface area (Å²) in [6, 6.07) is 19.4. The summed E-state index contributed by atoms with van der Waals surface area (Å²) in [4.78, 5) is 0. The molecule has 0 radical (unpaired) electrons. The van der Waals surface area contributed by atoms with Gasteiger partial charge >= 0.3 is 0 Å². The van der Waals surface area contributed by atoms with Crippen LogP contribution in [0.5, 0.6) is 0 Å². The van der Waals surface area contributed by atoms with Gasteiger partial charge in [0, 0.05) is 6.42 Å². The van der Waals surface area contributed by atoms with E-state index in [-0.39, 0.29) is 19.6 Å². The Morgan fingerprint density at radius 3 is 2.17 bits per heavy atom. The van der Waals surface area contributed by atoms with Crippen LogP contribution in [0.15, 0.2) is 73.3 Å². The zero-order valence-corrected chi connectivity index (χ0v) is 17.2. The molecule has 2 aromatic rings. The molecule has 5 heteroatoms. The van der Waals surface area contributed by atoms with E-state index < -0.39 is 18.3 Å². The van der Waals surface area contributed by atoms with Crippen molar-refractivity contribution in [2.45, 2.75) is 37.9 Å². The van der Waals surface area contributed by atoms with Crippen molar-refractivity contribution in [3.05, 3.63) is 84.4 Å². The second kappa shape index (κ2) is 14.5. The van der Waals surface area contributed by atoms with E-state index >= 15 is 0 Å². The van der Waals surface area contributed by atoms with Gasteiger partial charge in [0.25, 0.3) is 0 Å². The van der Waals surface area contributed by atoms with Crippen molar-refractivity contribution in [3.63, 3.8) is 0 Å². The Balaban J connectivity index is 1.88. The van der Waals surface area contributed by atoms with E-state index in [1.165, 1.54) is 0 Å². The van der Waals surface area contributed by atoms with Crippen molar-refractivity contribution in [3.8, 4) is 11.8 Å². The first-order valence-corrected chi connectivity index (χ1v) is 9.99. The molecule has 2 aromatic carbocycles. The Labute approximate surface area is 178 Å². The molecule has 3 atom stereocenters. The number of hydrogen-bond acceptors (Lipinski definition) is 5. The minimum atomic E-state index is -0.943. The normalized spacial score (nSPS) is 13.7. The van der Waals surface area contributed by atoms with Crippen LogP contribution in [0.4, 0.5) is 0 Å². The van der Waals surface area contributed by atoms with Crippen molar-refractivity contribution >= 4 is 0 Å². The van der Waals surface area contributed by atoms with Crippen LogP contribution in [-0.2, 0) is 27.4 Å². The van der Waals surface area contributed by atoms with Crippen molar-refractivity contribution in [1.82, 2.24) is 0 Å². The van der Waals surface area contributed by atoms with E-state index in [1.54, 1.807) is 6.08 Å². The third kappa shape index (κ3) is 9.84. The van der Waals surface area contributed by atoms with Gasteiger partial charge in [-0.1, -0.05) is 78.6 Å². The number of benzene rings is 2. The van der Waals surface area contributed by atoms with Crippen molar-refractivity contribution in [2.75, 3.05) is 19.8 Å². The molecule has 0 amide bonds. The molecule has 0 spiro atoms. The van der Waals surface area contributed by atoms with E-state index in [0.29, 0.717) is 19.8 Å². The largest absolute Gasteiger partial charge is 0.388 e. The first-order valence-electron chi connectivity index (χ1n) is 9.99. The SMILES string of the molecule is C=CCOCC#CC(O)C[C@H](OCc1ccccc1)[C@H](O)COCc1ccccc1. The number of aliphatic hydroxyl groups excluding tert-OH is 2. The molecule has 0 aliphatic heterocycles. The molecule has 0 aliphatic carbocycles. The lowest BCUT2D eigenvalue weighted by Gasteiger charge is -2.24. The number of aliphatic hydroxyl groups is 2. The zero-order valence-electron chi connectivity index (χ0n) is 17.2. The maximum absolute atomic E-state index is 10.6. The molecule has 0 aliphatic rings. The predicted octanol–water partition coefficient (Wildman–Crippen LogP) is 3.11. The van der Waals surface area contributed by atoms with E-state index in [0.717, 1.165) is 11.1 Å². The van der Waals surface area contributed by atoms with Crippen LogP contribution in [0, 0.1) is 11.8 Å². The number of ether oxygens (including phenoxy) is 3. The highest BCUT2D eigenvalue weighted by atomic mass is 16.5. The minimum Gasteiger partial charge on any atom is -0.388 e. The molecular weight excluding hydrogens is 380 g/mol. The Morgan fingerprint density at radius 2 is 1.53 bits per heavy atom. The molecule has 5 nitrogen and oxygen atoms in total. The second-order valence-corrected chi connectivity index (χ2v) is 6.78. The minimum absolute atomic E-state index is 0.0942. The van der Waals surface area contributed by atoms with Crippen LogP contribution in [0.1, 0.15) is 17.5 Å². The molecule has 0 fully saturated rings. The average Bonchev–Trinajstić information content (AvgIpc) is 2.78.